The number of fused-ring (bicyclic) bond motifs is 6. The fraction of sp³-hybridized carbons (Fsp3) is 0.918. The summed E-state index contributed by atoms with van der Waals surface area (Å²) in [5.41, 5.74) is 6.30. The van der Waals surface area contributed by atoms with Crippen LogP contribution >= 0.6 is 0 Å². The zero-order valence-electron chi connectivity index (χ0n) is 80.9. The van der Waals surface area contributed by atoms with Gasteiger partial charge in [0.05, 0.1) is 37.8 Å². The van der Waals surface area contributed by atoms with Crippen LogP contribution in [0.4, 0.5) is 0 Å². The topological polar surface area (TPSA) is 183 Å². The Morgan fingerprint density at radius 1 is 0.538 bits per heavy atom. The van der Waals surface area contributed by atoms with Crippen LogP contribution in [-0.4, -0.2) is 156 Å². The Labute approximate surface area is 743 Å². The minimum Gasteiger partial charge on any atom is -1.00 e. The van der Waals surface area contributed by atoms with E-state index in [1.807, 2.05) is 13.8 Å². The first-order chi connectivity index (χ1) is 53.2. The van der Waals surface area contributed by atoms with Gasteiger partial charge in [0.25, 0.3) is 10.1 Å². The van der Waals surface area contributed by atoms with Crippen molar-refractivity contribution in [2.24, 2.45) is 121 Å². The van der Waals surface area contributed by atoms with E-state index in [0.717, 1.165) is 70.4 Å². The molecule has 1 aliphatic heterocycles. The quantitative estimate of drug-likeness (QED) is 0.0403. The fourth-order valence-electron chi connectivity index (χ4n) is 25.7. The molecule has 117 heavy (non-hydrogen) atoms. The predicted octanol–water partition coefficient (Wildman–Crippen LogP) is 19.6. The van der Waals surface area contributed by atoms with Crippen molar-refractivity contribution in [1.29, 1.82) is 0 Å². The number of rotatable bonds is 24. The van der Waals surface area contributed by atoms with Crippen molar-refractivity contribution in [3.8, 4) is 0 Å². The van der Waals surface area contributed by atoms with Crippen LogP contribution in [-0.2, 0) is 56.1 Å². The molecule has 1 saturated heterocycles. The van der Waals surface area contributed by atoms with Gasteiger partial charge in [0.1, 0.15) is 6.10 Å². The maximum Gasteiger partial charge on any atom is 1.00 e. The molecule has 0 amide bonds. The second kappa shape index (κ2) is 40.1. The molecule has 0 aromatic carbocycles. The Morgan fingerprint density at radius 3 is 1.29 bits per heavy atom. The predicted molar refractivity (Wildman–Crippen MR) is 489 cm³/mol. The van der Waals surface area contributed by atoms with Crippen molar-refractivity contribution in [3.05, 3.63) is 34.9 Å². The van der Waals surface area contributed by atoms with Crippen molar-refractivity contribution >= 4 is 64.4 Å². The molecule has 5 unspecified atom stereocenters. The number of hydrogen-bond acceptors (Lipinski definition) is 14. The van der Waals surface area contributed by atoms with Crippen molar-refractivity contribution < 1.29 is 84.9 Å². The molecule has 14 nitrogen and oxygen atoms in total. The van der Waals surface area contributed by atoms with E-state index in [1.54, 1.807) is 16.7 Å². The third kappa shape index (κ3) is 22.8. The number of carbonyl (C=O) groups is 2. The van der Waals surface area contributed by atoms with Gasteiger partial charge >= 0.3 is 30.8 Å². The van der Waals surface area contributed by atoms with Gasteiger partial charge in [0.2, 0.25) is 0 Å². The summed E-state index contributed by atoms with van der Waals surface area (Å²) in [6, 6.07) is 0. The minimum atomic E-state index is -3.62. The fourth-order valence-corrected chi connectivity index (χ4v) is 30.5. The molecule has 20 heteroatoms. The molecule has 0 aromatic heterocycles. The van der Waals surface area contributed by atoms with Gasteiger partial charge in [-0.05, 0) is 333 Å². The Bertz CT molecular complexity index is 3470. The second-order valence-corrected chi connectivity index (χ2v) is 61.6. The molecule has 672 valence electrons. The van der Waals surface area contributed by atoms with Gasteiger partial charge in [-0.1, -0.05) is 160 Å². The molecule has 0 radical (unpaired) electrons. The van der Waals surface area contributed by atoms with E-state index in [1.165, 1.54) is 142 Å². The van der Waals surface area contributed by atoms with Gasteiger partial charge in [0.15, 0.2) is 42.3 Å². The molecule has 2 N–H and O–H groups in total. The second-order valence-electron chi connectivity index (χ2n) is 45.8. The average molecular weight is 1720 g/mol. The number of carbonyl (C=O) groups excluding carboxylic acids is 2. The molecule has 13 fully saturated rings. The smallest absolute Gasteiger partial charge is 1.00 e. The van der Waals surface area contributed by atoms with Crippen molar-refractivity contribution in [2.75, 3.05) is 52.5 Å². The van der Waals surface area contributed by atoms with Gasteiger partial charge in [0, 0.05) is 63.8 Å². The minimum absolute atomic E-state index is 0. The molecule has 0 spiro atoms. The van der Waals surface area contributed by atoms with Crippen LogP contribution in [0.2, 0.25) is 54.4 Å². The Morgan fingerprint density at radius 2 is 0.915 bits per heavy atom. The van der Waals surface area contributed by atoms with Crippen LogP contribution in [0.25, 0.3) is 0 Å². The Kier molecular flexibility index (Phi) is 35.5. The maximum atomic E-state index is 12.5. The summed E-state index contributed by atoms with van der Waals surface area (Å²) in [7, 11) is -9.28. The molecule has 1 heterocycles. The van der Waals surface area contributed by atoms with E-state index in [9.17, 15) is 28.2 Å². The summed E-state index contributed by atoms with van der Waals surface area (Å²) in [6.45, 7) is 68.1. The zero-order valence-corrected chi connectivity index (χ0v) is 83.7. The summed E-state index contributed by atoms with van der Waals surface area (Å²) in [5, 5.41) is 21.9. The van der Waals surface area contributed by atoms with Crippen molar-refractivity contribution in [3.63, 3.8) is 0 Å². The SMILES string of the molecule is C1CCOC1.CC(=O)OC[C@@H](C)[C@H]1CC[C@H]2/C(=C/[C@@H](C)[C@]34CC3C[C@H](O[Si](C)(C)C(C)(C)C)C4O)CCC[C@]12C.CC(=O)OC[C@@H](C)[C@H]1CC[C@H]2/C(=C/[C@@H](C)[C@]34CC3C[C@H](O[Si](C)(C)C(C)(C)C)C4OS(C)(=O)=O)CCC[C@]12C.CCOCC.C[C@H](CO)[C@H]1CC[C@H]2/C(=C/[C@@H](C)[C@]34CC3C[C@H](O[Si](C)(C)C(C)(C)C)C4)CCC[C@]12C.[AlH3].[H-].[Li+]. The molecule has 0 bridgehead atoms. The van der Waals surface area contributed by atoms with Crippen LogP contribution in [0.5, 0.6) is 0 Å². The Balaban J connectivity index is 0.000000257. The summed E-state index contributed by atoms with van der Waals surface area (Å²) < 4.78 is 72.0. The molecule has 13 rings (SSSR count). The largest absolute Gasteiger partial charge is 1.00 e. The summed E-state index contributed by atoms with van der Waals surface area (Å²) in [5.74, 6) is 7.89. The van der Waals surface area contributed by atoms with E-state index < -0.39 is 41.2 Å². The third-order valence-electron chi connectivity index (χ3n) is 35.5. The van der Waals surface area contributed by atoms with Crippen LogP contribution in [0.15, 0.2) is 34.9 Å². The monoisotopic (exact) mass is 1720 g/mol. The van der Waals surface area contributed by atoms with Crippen LogP contribution in [0.1, 0.15) is 308 Å². The van der Waals surface area contributed by atoms with E-state index in [0.29, 0.717) is 118 Å². The van der Waals surface area contributed by atoms with Gasteiger partial charge in [-0.15, -0.1) is 0 Å². The first-order valence-corrected chi connectivity index (χ1v) is 57.5. The van der Waals surface area contributed by atoms with Crippen molar-refractivity contribution in [2.45, 2.75) is 391 Å². The summed E-state index contributed by atoms with van der Waals surface area (Å²) >= 11 is 0. The number of aliphatic hydroxyl groups excluding tert-OH is 2. The van der Waals surface area contributed by atoms with E-state index in [4.69, 9.17) is 36.4 Å². The van der Waals surface area contributed by atoms with Crippen LogP contribution in [0.3, 0.4) is 0 Å². The zero-order chi connectivity index (χ0) is 85.6. The van der Waals surface area contributed by atoms with Gasteiger partial charge in [-0.3, -0.25) is 13.8 Å². The number of esters is 2. The van der Waals surface area contributed by atoms with Crippen molar-refractivity contribution in [1.82, 2.24) is 0 Å². The number of ether oxygens (including phenoxy) is 4. The average Bonchev–Trinajstić information content (AvgIpc) is 1.52. The van der Waals surface area contributed by atoms with Crippen LogP contribution < -0.4 is 18.9 Å². The maximum absolute atomic E-state index is 12.5. The first-order valence-electron chi connectivity index (χ1n) is 46.9. The van der Waals surface area contributed by atoms with E-state index in [-0.39, 0.29) is 100 Å². The standard InChI is InChI=1S/C31H54O6SSi.C30H52O4Si.C28H50O2Si.C4H8O.C4H10O.Al.Li.4H/c1-20(19-35-22(3)32)25-13-14-26-23(12-11-15-30(25,26)7)16-21(2)31-18-24(31)17-27(28(31)36-38(8,33)34)37-39(9,10)29(4,5)6;1-19(18-33-21(3)31)24-12-13-25-22(11-10-14-29(24,25)7)15-20(2)30-17-23(30)16-26(27(30)32)34-35(8,9)28(4,5)6;1-19(18-29)24-11-12-25-21(10-9-13-27(24,25)6)14-20(2)28-16-22(28)15-23(17-28)30-31(7,8)26(3,4)5;1-2-4-5-3-1;1-3-5-4-2;;;;;;/h16,20-21,24-28H,11-15,17-19H2,1-10H3;15,19-20,23-27,32H,10-14,16-18H2,1-9H3;14,19-20,22-25,29H,9-13,15-18H2,1-8H3;1-4H2;3-4H2,1-2H3;;;;;;/q;;;;;;+1;;;;-1/b23-16+;22-15+;21-14+;;;;;;;;/t20-,21-,24?,25-,26+,27+,28?,30-,31-;19-,20-,23?,24-,25+,26+,27?,29-,30-;19-,20-,22?,23+,24-,25+,27-,28-;;;;;;;;/m111......../s1. The Hall–Kier alpha value is -0.429. The van der Waals surface area contributed by atoms with E-state index >= 15 is 0 Å². The summed E-state index contributed by atoms with van der Waals surface area (Å²) in [6.07, 6.45) is 38.0. The van der Waals surface area contributed by atoms with Gasteiger partial charge in [-0.25, -0.2) is 0 Å². The van der Waals surface area contributed by atoms with Gasteiger partial charge < -0.3 is 43.9 Å². The number of hydrogen-bond donors (Lipinski definition) is 2. The molecular weight excluding hydrogens is 1540 g/mol. The molecule has 12 aliphatic carbocycles. The molecule has 0 aromatic rings. The molecular formula is C97H178AlLiO14SSi3. The third-order valence-corrected chi connectivity index (χ3v) is 49.6. The molecule has 26 atom stereocenters. The summed E-state index contributed by atoms with van der Waals surface area (Å²) in [4.78, 5) is 22.8. The first kappa shape index (κ1) is 104. The van der Waals surface area contributed by atoms with E-state index in [2.05, 4.69) is 182 Å². The number of allylic oxidation sites excluding steroid dienone is 6. The molecule has 12 saturated carbocycles. The molecule has 13 aliphatic rings. The normalized spacial score (nSPS) is 38.5. The van der Waals surface area contributed by atoms with Gasteiger partial charge in [-0.2, -0.15) is 8.42 Å². The van der Waals surface area contributed by atoms with Crippen LogP contribution in [0, 0.1) is 121 Å². The number of aliphatic hydroxyl groups is 2.